The third-order valence-electron chi connectivity index (χ3n) is 3.40. The molecule has 2 aromatic carbocycles. The molecule has 0 aromatic heterocycles. The number of carbonyl (C=O) groups excluding carboxylic acids is 1. The highest BCUT2D eigenvalue weighted by molar-refractivity contribution is 6.35. The lowest BCUT2D eigenvalue weighted by Crippen LogP contribution is -2.02. The van der Waals surface area contributed by atoms with E-state index in [0.717, 1.165) is 23.1 Å². The van der Waals surface area contributed by atoms with Crippen molar-refractivity contribution in [2.24, 2.45) is 0 Å². The van der Waals surface area contributed by atoms with E-state index in [9.17, 15) is 4.79 Å². The summed E-state index contributed by atoms with van der Waals surface area (Å²) in [7, 11) is 0. The number of esters is 1. The number of rotatable bonds is 6. The monoisotopic (exact) mass is 348 g/mol. The number of hydrogen-bond donors (Lipinski definition) is 0. The molecule has 0 unspecified atom stereocenters. The number of carbonyl (C=O) groups is 1. The fourth-order valence-electron chi connectivity index (χ4n) is 2.27. The number of benzene rings is 2. The molecule has 0 aliphatic rings. The van der Waals surface area contributed by atoms with Crippen LogP contribution in [0.15, 0.2) is 54.6 Å². The standard InChI is InChI=1S/C19H18Cl2O2/c1-2-23-19(22)12-16(14-6-4-3-5-7-14)9-8-15-10-11-17(20)13-18(15)21/h3-7,10-13H,2,8-9H2,1H3/b16-12+. The average Bonchev–Trinajstić information content (AvgIpc) is 2.54. The molecular formula is C19H18Cl2O2. The van der Waals surface area contributed by atoms with E-state index in [1.54, 1.807) is 19.1 Å². The lowest BCUT2D eigenvalue weighted by molar-refractivity contribution is -0.137. The van der Waals surface area contributed by atoms with Crippen LogP contribution < -0.4 is 0 Å². The third kappa shape index (κ3) is 5.42. The van der Waals surface area contributed by atoms with Crippen LogP contribution >= 0.6 is 23.2 Å². The van der Waals surface area contributed by atoms with Crippen LogP contribution in [0.3, 0.4) is 0 Å². The van der Waals surface area contributed by atoms with Crippen molar-refractivity contribution >= 4 is 34.7 Å². The minimum Gasteiger partial charge on any atom is -0.463 e. The molecule has 0 aliphatic carbocycles. The van der Waals surface area contributed by atoms with E-state index in [-0.39, 0.29) is 5.97 Å². The van der Waals surface area contributed by atoms with Gasteiger partial charge in [-0.1, -0.05) is 59.6 Å². The predicted octanol–water partition coefficient (Wildman–Crippen LogP) is 5.57. The lowest BCUT2D eigenvalue weighted by Gasteiger charge is -2.10. The second-order valence-electron chi connectivity index (χ2n) is 5.02. The van der Waals surface area contributed by atoms with Gasteiger partial charge in [0.15, 0.2) is 0 Å². The maximum absolute atomic E-state index is 11.8. The maximum atomic E-state index is 11.8. The van der Waals surface area contributed by atoms with E-state index < -0.39 is 0 Å². The Labute approximate surface area is 146 Å². The highest BCUT2D eigenvalue weighted by Crippen LogP contribution is 2.26. The summed E-state index contributed by atoms with van der Waals surface area (Å²) in [4.78, 5) is 11.8. The van der Waals surface area contributed by atoms with Gasteiger partial charge in [-0.2, -0.15) is 0 Å². The first-order valence-electron chi connectivity index (χ1n) is 7.47. The topological polar surface area (TPSA) is 26.3 Å². The van der Waals surface area contributed by atoms with Gasteiger partial charge in [0.05, 0.1) is 6.61 Å². The number of hydrogen-bond acceptors (Lipinski definition) is 2. The zero-order valence-corrected chi connectivity index (χ0v) is 14.4. The van der Waals surface area contributed by atoms with Crippen molar-refractivity contribution in [1.82, 2.24) is 0 Å². The van der Waals surface area contributed by atoms with E-state index in [1.165, 1.54) is 0 Å². The number of ether oxygens (including phenoxy) is 1. The van der Waals surface area contributed by atoms with Crippen LogP contribution in [0.25, 0.3) is 5.57 Å². The minimum absolute atomic E-state index is 0.325. The van der Waals surface area contributed by atoms with Gasteiger partial charge in [0, 0.05) is 16.1 Å². The zero-order chi connectivity index (χ0) is 16.7. The SMILES string of the molecule is CCOC(=O)/C=C(\CCc1ccc(Cl)cc1Cl)c1ccccc1. The molecule has 0 fully saturated rings. The summed E-state index contributed by atoms with van der Waals surface area (Å²) in [5, 5.41) is 1.25. The molecule has 0 bridgehead atoms. The van der Waals surface area contributed by atoms with Gasteiger partial charge in [0.2, 0.25) is 0 Å². The molecule has 2 aromatic rings. The van der Waals surface area contributed by atoms with Gasteiger partial charge in [-0.3, -0.25) is 0 Å². The van der Waals surface area contributed by atoms with Gasteiger partial charge in [-0.05, 0) is 48.6 Å². The Morgan fingerprint density at radius 3 is 2.52 bits per heavy atom. The van der Waals surface area contributed by atoms with Crippen molar-refractivity contribution in [3.05, 3.63) is 75.8 Å². The average molecular weight is 349 g/mol. The van der Waals surface area contributed by atoms with Crippen LogP contribution in [-0.4, -0.2) is 12.6 Å². The summed E-state index contributed by atoms with van der Waals surface area (Å²) in [5.74, 6) is -0.325. The fourth-order valence-corrected chi connectivity index (χ4v) is 2.78. The number of aryl methyl sites for hydroxylation is 1. The second-order valence-corrected chi connectivity index (χ2v) is 5.87. The van der Waals surface area contributed by atoms with Crippen molar-refractivity contribution in [3.63, 3.8) is 0 Å². The second kappa shape index (κ2) is 8.76. The highest BCUT2D eigenvalue weighted by atomic mass is 35.5. The molecule has 0 aliphatic heterocycles. The molecular weight excluding hydrogens is 331 g/mol. The summed E-state index contributed by atoms with van der Waals surface area (Å²) in [5.41, 5.74) is 2.93. The Morgan fingerprint density at radius 2 is 1.87 bits per heavy atom. The molecule has 0 saturated carbocycles. The normalized spacial score (nSPS) is 11.3. The summed E-state index contributed by atoms with van der Waals surface area (Å²) >= 11 is 12.1. The van der Waals surface area contributed by atoms with E-state index in [4.69, 9.17) is 27.9 Å². The van der Waals surface area contributed by atoms with Gasteiger partial charge < -0.3 is 4.74 Å². The van der Waals surface area contributed by atoms with Crippen LogP contribution in [0.1, 0.15) is 24.5 Å². The van der Waals surface area contributed by atoms with Crippen LogP contribution in [-0.2, 0) is 16.0 Å². The van der Waals surface area contributed by atoms with Gasteiger partial charge in [0.25, 0.3) is 0 Å². The Hall–Kier alpha value is -1.77. The van der Waals surface area contributed by atoms with Gasteiger partial charge in [0.1, 0.15) is 0 Å². The van der Waals surface area contributed by atoms with Gasteiger partial charge >= 0.3 is 5.97 Å². The molecule has 0 radical (unpaired) electrons. The Balaban J connectivity index is 2.19. The van der Waals surface area contributed by atoms with Crippen molar-refractivity contribution in [2.75, 3.05) is 6.61 Å². The van der Waals surface area contributed by atoms with Crippen LogP contribution in [0.4, 0.5) is 0 Å². The van der Waals surface area contributed by atoms with E-state index in [2.05, 4.69) is 0 Å². The lowest BCUT2D eigenvalue weighted by atomic mass is 9.98. The maximum Gasteiger partial charge on any atom is 0.331 e. The molecule has 120 valence electrons. The Bertz CT molecular complexity index is 694. The molecule has 0 saturated heterocycles. The summed E-state index contributed by atoms with van der Waals surface area (Å²) in [6.45, 7) is 2.15. The zero-order valence-electron chi connectivity index (χ0n) is 12.9. The molecule has 0 N–H and O–H groups in total. The molecule has 2 rings (SSSR count). The molecule has 2 nitrogen and oxygen atoms in total. The molecule has 23 heavy (non-hydrogen) atoms. The van der Waals surface area contributed by atoms with E-state index in [0.29, 0.717) is 23.1 Å². The molecule has 0 atom stereocenters. The minimum atomic E-state index is -0.325. The molecule has 0 amide bonds. The summed E-state index contributed by atoms with van der Waals surface area (Å²) in [6, 6.07) is 15.3. The Kier molecular flexibility index (Phi) is 6.69. The van der Waals surface area contributed by atoms with E-state index in [1.807, 2.05) is 42.5 Å². The van der Waals surface area contributed by atoms with Crippen LogP contribution in [0.2, 0.25) is 10.0 Å². The van der Waals surface area contributed by atoms with Crippen molar-refractivity contribution in [1.29, 1.82) is 0 Å². The van der Waals surface area contributed by atoms with Gasteiger partial charge in [-0.25, -0.2) is 4.79 Å². The smallest absolute Gasteiger partial charge is 0.331 e. The van der Waals surface area contributed by atoms with Crippen molar-refractivity contribution in [2.45, 2.75) is 19.8 Å². The highest BCUT2D eigenvalue weighted by Gasteiger charge is 2.08. The summed E-state index contributed by atoms with van der Waals surface area (Å²) < 4.78 is 5.03. The fraction of sp³-hybridized carbons (Fsp3) is 0.211. The molecule has 4 heteroatoms. The third-order valence-corrected chi connectivity index (χ3v) is 3.99. The van der Waals surface area contributed by atoms with Crippen LogP contribution in [0, 0.1) is 0 Å². The largest absolute Gasteiger partial charge is 0.463 e. The first-order valence-corrected chi connectivity index (χ1v) is 8.22. The number of allylic oxidation sites excluding steroid dienone is 1. The number of halogens is 2. The molecule has 0 spiro atoms. The Morgan fingerprint density at radius 1 is 1.13 bits per heavy atom. The quantitative estimate of drug-likeness (QED) is 0.503. The first-order chi connectivity index (χ1) is 11.1. The molecule has 0 heterocycles. The van der Waals surface area contributed by atoms with Crippen molar-refractivity contribution in [3.8, 4) is 0 Å². The van der Waals surface area contributed by atoms with Crippen molar-refractivity contribution < 1.29 is 9.53 Å². The van der Waals surface area contributed by atoms with E-state index >= 15 is 0 Å². The predicted molar refractivity (Wildman–Crippen MR) is 95.8 cm³/mol. The summed E-state index contributed by atoms with van der Waals surface area (Å²) in [6.07, 6.45) is 2.96. The first kappa shape index (κ1) is 17.6. The van der Waals surface area contributed by atoms with Gasteiger partial charge in [-0.15, -0.1) is 0 Å². The van der Waals surface area contributed by atoms with Crippen LogP contribution in [0.5, 0.6) is 0 Å².